The van der Waals surface area contributed by atoms with Crippen LogP contribution in [0.5, 0.6) is 0 Å². The summed E-state index contributed by atoms with van der Waals surface area (Å²) >= 11 is 0. The first kappa shape index (κ1) is 12.1. The van der Waals surface area contributed by atoms with Crippen molar-refractivity contribution >= 4 is 5.91 Å². The van der Waals surface area contributed by atoms with Crippen LogP contribution in [-0.2, 0) is 4.79 Å². The van der Waals surface area contributed by atoms with Crippen molar-refractivity contribution in [2.75, 3.05) is 0 Å². The van der Waals surface area contributed by atoms with Crippen molar-refractivity contribution in [3.8, 4) is 0 Å². The average Bonchev–Trinajstić information content (AvgIpc) is 2.26. The van der Waals surface area contributed by atoms with Crippen LogP contribution in [0.4, 0.5) is 4.39 Å². The number of nitrogens with one attached hydrogen (secondary N) is 1. The second-order valence-corrected chi connectivity index (χ2v) is 5.46. The normalized spacial score (nSPS) is 23.3. The lowest BCUT2D eigenvalue weighted by Gasteiger charge is -2.34. The van der Waals surface area contributed by atoms with Gasteiger partial charge in [-0.3, -0.25) is 4.79 Å². The maximum absolute atomic E-state index is 13.5. The van der Waals surface area contributed by atoms with Crippen LogP contribution in [0.2, 0.25) is 0 Å². The lowest BCUT2D eigenvalue weighted by atomic mass is 9.80. The van der Waals surface area contributed by atoms with E-state index in [-0.39, 0.29) is 23.2 Å². The van der Waals surface area contributed by atoms with Crippen molar-refractivity contribution in [3.63, 3.8) is 0 Å². The van der Waals surface area contributed by atoms with Crippen LogP contribution in [0.1, 0.15) is 43.9 Å². The Labute approximate surface area is 101 Å². The van der Waals surface area contributed by atoms with Gasteiger partial charge in [0.25, 0.3) is 0 Å². The maximum atomic E-state index is 13.5. The van der Waals surface area contributed by atoms with Crippen molar-refractivity contribution in [2.24, 2.45) is 5.41 Å². The third-order valence-corrected chi connectivity index (χ3v) is 3.58. The molecule has 1 N–H and O–H groups in total. The van der Waals surface area contributed by atoms with Gasteiger partial charge in [-0.1, -0.05) is 26.0 Å². The van der Waals surface area contributed by atoms with Crippen LogP contribution in [0, 0.1) is 18.2 Å². The first-order valence-corrected chi connectivity index (χ1v) is 5.97. The molecule has 1 heterocycles. The summed E-state index contributed by atoms with van der Waals surface area (Å²) in [6, 6.07) is 5.13. The smallest absolute Gasteiger partial charge is 0.226 e. The number of rotatable bonds is 1. The molecule has 1 aliphatic heterocycles. The van der Waals surface area contributed by atoms with E-state index in [2.05, 4.69) is 5.32 Å². The Kier molecular flexibility index (Phi) is 2.94. The van der Waals surface area contributed by atoms with Gasteiger partial charge in [0.05, 0.1) is 6.04 Å². The number of aryl methyl sites for hydroxylation is 1. The Bertz CT molecular complexity index is 454. The third kappa shape index (κ3) is 2.33. The Morgan fingerprint density at radius 3 is 2.71 bits per heavy atom. The standard InChI is InChI=1S/C14H18FNO/c1-9-4-5-10(8-11(9)15)12-6-7-14(2,3)13(17)16-12/h4-5,8,12H,6-7H2,1-3H3,(H,16,17)/t12-/m0/s1. The van der Waals surface area contributed by atoms with E-state index < -0.39 is 0 Å². The zero-order chi connectivity index (χ0) is 12.6. The molecular weight excluding hydrogens is 217 g/mol. The maximum Gasteiger partial charge on any atom is 0.226 e. The van der Waals surface area contributed by atoms with Crippen molar-refractivity contribution in [2.45, 2.75) is 39.7 Å². The summed E-state index contributed by atoms with van der Waals surface area (Å²) in [5.41, 5.74) is 1.19. The fraction of sp³-hybridized carbons (Fsp3) is 0.500. The number of halogens is 1. The first-order valence-electron chi connectivity index (χ1n) is 5.97. The number of piperidine rings is 1. The van der Waals surface area contributed by atoms with Crippen LogP contribution in [-0.4, -0.2) is 5.91 Å². The van der Waals surface area contributed by atoms with Crippen LogP contribution in [0.15, 0.2) is 18.2 Å². The van der Waals surface area contributed by atoms with Crippen molar-refractivity contribution < 1.29 is 9.18 Å². The summed E-state index contributed by atoms with van der Waals surface area (Å²) in [6.07, 6.45) is 1.69. The molecule has 0 aromatic heterocycles. The predicted octanol–water partition coefficient (Wildman–Crippen LogP) is 3.11. The van der Waals surface area contributed by atoms with Crippen LogP contribution >= 0.6 is 0 Å². The van der Waals surface area contributed by atoms with Crippen molar-refractivity contribution in [1.82, 2.24) is 5.32 Å². The molecule has 2 rings (SSSR count). The zero-order valence-corrected chi connectivity index (χ0v) is 10.5. The number of hydrogen-bond acceptors (Lipinski definition) is 1. The summed E-state index contributed by atoms with van der Waals surface area (Å²) in [7, 11) is 0. The van der Waals surface area contributed by atoms with Gasteiger partial charge >= 0.3 is 0 Å². The molecule has 1 atom stereocenters. The van der Waals surface area contributed by atoms with E-state index >= 15 is 0 Å². The molecule has 92 valence electrons. The Morgan fingerprint density at radius 2 is 2.12 bits per heavy atom. The zero-order valence-electron chi connectivity index (χ0n) is 10.5. The minimum atomic E-state index is -0.306. The van der Waals surface area contributed by atoms with E-state index in [4.69, 9.17) is 0 Å². The molecule has 1 fully saturated rings. The highest BCUT2D eigenvalue weighted by Crippen LogP contribution is 2.34. The number of carbonyl (C=O) groups is 1. The van der Waals surface area contributed by atoms with Gasteiger partial charge in [-0.15, -0.1) is 0 Å². The van der Waals surface area contributed by atoms with E-state index in [1.807, 2.05) is 19.9 Å². The number of carbonyl (C=O) groups excluding carboxylic acids is 1. The van der Waals surface area contributed by atoms with E-state index in [1.54, 1.807) is 13.0 Å². The molecule has 0 saturated carbocycles. The molecule has 2 nitrogen and oxygen atoms in total. The van der Waals surface area contributed by atoms with Gasteiger partial charge in [-0.2, -0.15) is 0 Å². The van der Waals surface area contributed by atoms with Crippen LogP contribution in [0.3, 0.4) is 0 Å². The number of hydrogen-bond donors (Lipinski definition) is 1. The topological polar surface area (TPSA) is 29.1 Å². The summed E-state index contributed by atoms with van der Waals surface area (Å²) in [4.78, 5) is 11.8. The summed E-state index contributed by atoms with van der Waals surface area (Å²) in [5.74, 6) is -0.156. The van der Waals surface area contributed by atoms with E-state index in [1.165, 1.54) is 6.07 Å². The number of benzene rings is 1. The Balaban J connectivity index is 2.19. The summed E-state index contributed by atoms with van der Waals surface area (Å²) < 4.78 is 13.5. The second kappa shape index (κ2) is 4.13. The fourth-order valence-corrected chi connectivity index (χ4v) is 2.12. The molecule has 1 amide bonds. The summed E-state index contributed by atoms with van der Waals surface area (Å²) in [6.45, 7) is 5.62. The molecule has 1 saturated heterocycles. The van der Waals surface area contributed by atoms with Gasteiger partial charge in [-0.25, -0.2) is 4.39 Å². The molecule has 3 heteroatoms. The minimum absolute atomic E-state index is 0.0503. The van der Waals surface area contributed by atoms with Gasteiger partial charge < -0.3 is 5.32 Å². The average molecular weight is 235 g/mol. The molecule has 1 aliphatic rings. The van der Waals surface area contributed by atoms with Gasteiger partial charge in [0.15, 0.2) is 0 Å². The first-order chi connectivity index (χ1) is 7.90. The quantitative estimate of drug-likeness (QED) is 0.796. The Morgan fingerprint density at radius 1 is 1.41 bits per heavy atom. The summed E-state index contributed by atoms with van der Waals surface area (Å²) in [5, 5.41) is 2.96. The molecular formula is C14H18FNO. The highest BCUT2D eigenvalue weighted by atomic mass is 19.1. The highest BCUT2D eigenvalue weighted by molar-refractivity contribution is 5.83. The van der Waals surface area contributed by atoms with E-state index in [0.717, 1.165) is 18.4 Å². The van der Waals surface area contributed by atoms with Gasteiger partial charge in [0, 0.05) is 5.41 Å². The highest BCUT2D eigenvalue weighted by Gasteiger charge is 2.34. The van der Waals surface area contributed by atoms with E-state index in [0.29, 0.717) is 5.56 Å². The molecule has 17 heavy (non-hydrogen) atoms. The number of amides is 1. The van der Waals surface area contributed by atoms with Crippen molar-refractivity contribution in [3.05, 3.63) is 35.1 Å². The predicted molar refractivity (Wildman–Crippen MR) is 65.0 cm³/mol. The minimum Gasteiger partial charge on any atom is -0.349 e. The molecule has 0 unspecified atom stereocenters. The molecule has 1 aromatic carbocycles. The van der Waals surface area contributed by atoms with E-state index in [9.17, 15) is 9.18 Å². The molecule has 1 aromatic rings. The van der Waals surface area contributed by atoms with Gasteiger partial charge in [0.1, 0.15) is 5.82 Å². The molecule has 0 aliphatic carbocycles. The second-order valence-electron chi connectivity index (χ2n) is 5.46. The molecule has 0 bridgehead atoms. The molecule has 0 spiro atoms. The van der Waals surface area contributed by atoms with Crippen LogP contribution in [0.25, 0.3) is 0 Å². The lowest BCUT2D eigenvalue weighted by Crippen LogP contribution is -2.44. The van der Waals surface area contributed by atoms with Crippen LogP contribution < -0.4 is 5.32 Å². The molecule has 0 radical (unpaired) electrons. The monoisotopic (exact) mass is 235 g/mol. The third-order valence-electron chi connectivity index (χ3n) is 3.58. The largest absolute Gasteiger partial charge is 0.349 e. The lowest BCUT2D eigenvalue weighted by molar-refractivity contribution is -0.133. The van der Waals surface area contributed by atoms with Crippen molar-refractivity contribution in [1.29, 1.82) is 0 Å². The van der Waals surface area contributed by atoms with Gasteiger partial charge in [-0.05, 0) is 37.0 Å². The Hall–Kier alpha value is -1.38. The van der Waals surface area contributed by atoms with Gasteiger partial charge in [0.2, 0.25) is 5.91 Å². The SMILES string of the molecule is Cc1ccc([C@@H]2CCC(C)(C)C(=O)N2)cc1F. The fourth-order valence-electron chi connectivity index (χ4n) is 2.12.